The summed E-state index contributed by atoms with van der Waals surface area (Å²) in [5.74, 6) is 6.39. The first kappa shape index (κ1) is 47.7. The van der Waals surface area contributed by atoms with Crippen LogP contribution in [0.1, 0.15) is 124 Å². The average Bonchev–Trinajstić information content (AvgIpc) is 4.19. The van der Waals surface area contributed by atoms with Crippen molar-refractivity contribution in [2.45, 2.75) is 117 Å². The van der Waals surface area contributed by atoms with Gasteiger partial charge in [-0.3, -0.25) is 0 Å². The largest absolute Gasteiger partial charge is 0.496 e. The van der Waals surface area contributed by atoms with Gasteiger partial charge in [-0.2, -0.15) is 0 Å². The van der Waals surface area contributed by atoms with Crippen LogP contribution in [-0.4, -0.2) is 87.0 Å². The van der Waals surface area contributed by atoms with Crippen LogP contribution in [-0.2, 0) is 23.9 Å². The molecule has 2 aliphatic rings. The van der Waals surface area contributed by atoms with E-state index in [0.29, 0.717) is 34.8 Å². The van der Waals surface area contributed by atoms with Crippen LogP contribution in [0.15, 0.2) is 85.7 Å². The van der Waals surface area contributed by atoms with Crippen molar-refractivity contribution in [3.05, 3.63) is 131 Å². The highest BCUT2D eigenvalue weighted by Crippen LogP contribution is 2.41. The minimum absolute atomic E-state index is 0.0230. The number of methoxy groups -OCH3 is 4. The summed E-state index contributed by atoms with van der Waals surface area (Å²) in [7, 11) is 6.71. The van der Waals surface area contributed by atoms with Crippen molar-refractivity contribution in [2.24, 2.45) is 0 Å². The minimum atomic E-state index is -0.0230. The lowest BCUT2D eigenvalue weighted by atomic mass is 9.82. The molecule has 0 N–H and O–H groups in total. The highest BCUT2D eigenvalue weighted by Gasteiger charge is 2.31. The van der Waals surface area contributed by atoms with Crippen molar-refractivity contribution in [1.29, 1.82) is 0 Å². The van der Waals surface area contributed by atoms with E-state index in [0.717, 1.165) is 84.7 Å². The molecule has 0 amide bonds. The molecule has 10 rings (SSSR count). The summed E-state index contributed by atoms with van der Waals surface area (Å²) in [6.45, 7) is 18.9. The molecule has 364 valence electrons. The van der Waals surface area contributed by atoms with Crippen LogP contribution in [0.2, 0.25) is 0 Å². The van der Waals surface area contributed by atoms with E-state index in [-0.39, 0.29) is 22.7 Å². The summed E-state index contributed by atoms with van der Waals surface area (Å²) in [5, 5.41) is 9.65. The zero-order chi connectivity index (χ0) is 49.5. The predicted octanol–water partition coefficient (Wildman–Crippen LogP) is 10.1. The van der Waals surface area contributed by atoms with Crippen LogP contribution >= 0.6 is 0 Å². The van der Waals surface area contributed by atoms with Crippen LogP contribution in [0.3, 0.4) is 0 Å². The fourth-order valence-electron chi connectivity index (χ4n) is 9.52. The molecule has 0 fully saturated rings. The normalized spacial score (nSPS) is 15.7. The molecule has 8 aromatic rings. The molecule has 0 unspecified atom stereocenters. The quantitative estimate of drug-likeness (QED) is 0.128. The molecule has 6 aromatic heterocycles. The Morgan fingerprint density at radius 3 is 1.27 bits per heavy atom. The fourth-order valence-corrected chi connectivity index (χ4v) is 9.52. The fraction of sp³-hybridized carbons (Fsp3) is 0.407. The lowest BCUT2D eigenvalue weighted by molar-refractivity contribution is 0.396. The third-order valence-electron chi connectivity index (χ3n) is 13.1. The molecule has 70 heavy (non-hydrogen) atoms. The maximum absolute atomic E-state index is 5.65. The van der Waals surface area contributed by atoms with Gasteiger partial charge in [-0.15, -0.1) is 10.2 Å². The number of aromatic nitrogens is 12. The zero-order valence-electron chi connectivity index (χ0n) is 42.5. The van der Waals surface area contributed by atoms with Crippen molar-refractivity contribution in [3.8, 4) is 57.7 Å². The number of nitrogens with zero attached hydrogens (tertiary/aromatic N) is 12. The second-order valence-corrected chi connectivity index (χ2v) is 20.1. The summed E-state index contributed by atoms with van der Waals surface area (Å²) >= 11 is 0. The monoisotopic (exact) mass is 945 g/mol. The van der Waals surface area contributed by atoms with E-state index in [4.69, 9.17) is 49.1 Å². The first-order chi connectivity index (χ1) is 33.6. The molecule has 0 bridgehead atoms. The van der Waals surface area contributed by atoms with Gasteiger partial charge in [-0.25, -0.2) is 39.3 Å². The number of pyridine rings is 2. The highest BCUT2D eigenvalue weighted by atomic mass is 16.5. The number of hydrogen-bond donors (Lipinski definition) is 0. The molecule has 2 aromatic carbocycles. The number of ether oxygens (including phenoxy) is 4. The summed E-state index contributed by atoms with van der Waals surface area (Å²) in [4.78, 5) is 28.0. The topological polar surface area (TPSA) is 160 Å². The Labute approximate surface area is 410 Å². The van der Waals surface area contributed by atoms with Gasteiger partial charge in [0.2, 0.25) is 11.8 Å². The van der Waals surface area contributed by atoms with Crippen molar-refractivity contribution >= 4 is 0 Å². The van der Waals surface area contributed by atoms with Gasteiger partial charge in [0.25, 0.3) is 0 Å². The van der Waals surface area contributed by atoms with Crippen molar-refractivity contribution in [2.75, 3.05) is 28.4 Å². The first-order valence-corrected chi connectivity index (χ1v) is 24.0. The van der Waals surface area contributed by atoms with E-state index in [9.17, 15) is 0 Å². The first-order valence-electron chi connectivity index (χ1n) is 24.0. The molecule has 0 saturated heterocycles. The molecule has 16 heteroatoms. The van der Waals surface area contributed by atoms with E-state index in [2.05, 4.69) is 87.9 Å². The van der Waals surface area contributed by atoms with Gasteiger partial charge in [0.15, 0.2) is 11.6 Å². The molecular formula is C54H64N12O4. The average molecular weight is 945 g/mol. The van der Waals surface area contributed by atoms with E-state index >= 15 is 0 Å². The molecule has 0 aliphatic carbocycles. The molecule has 16 nitrogen and oxygen atoms in total. The maximum atomic E-state index is 5.65. The van der Waals surface area contributed by atoms with Crippen LogP contribution in [0, 0.1) is 13.8 Å². The van der Waals surface area contributed by atoms with Gasteiger partial charge in [0, 0.05) is 37.3 Å². The Balaban J connectivity index is 0.000000174. The van der Waals surface area contributed by atoms with Gasteiger partial charge < -0.3 is 28.1 Å². The molecule has 8 heterocycles. The van der Waals surface area contributed by atoms with E-state index in [1.165, 1.54) is 22.3 Å². The van der Waals surface area contributed by atoms with Crippen LogP contribution in [0.5, 0.6) is 23.3 Å². The molecule has 0 saturated carbocycles. The molecule has 2 atom stereocenters. The Morgan fingerprint density at radius 2 is 0.929 bits per heavy atom. The van der Waals surface area contributed by atoms with Crippen molar-refractivity contribution in [1.82, 2.24) is 58.6 Å². The van der Waals surface area contributed by atoms with Crippen molar-refractivity contribution in [3.63, 3.8) is 0 Å². The third kappa shape index (κ3) is 9.51. The molecule has 0 spiro atoms. The van der Waals surface area contributed by atoms with Gasteiger partial charge >= 0.3 is 0 Å². The molecular weight excluding hydrogens is 881 g/mol. The number of hydrogen-bond acceptors (Lipinski definition) is 12. The summed E-state index contributed by atoms with van der Waals surface area (Å²) < 4.78 is 30.4. The second-order valence-electron chi connectivity index (χ2n) is 20.1. The number of fused-ring (bicyclic) bond motifs is 2. The standard InChI is InChI=1S/2C27H32N6O2/c2*1-17-15-32(16-28-17)22-11-10-21(29-26(22)35-6)24-30-25-19(8-7-13-33(25)31-24)18-9-12-23(34-5)20(14-18)27(2,3)4/h2*9-12,14-16,19H,7-8,13H2,1-6H3/t2*19-/m10/s1. The van der Waals surface area contributed by atoms with Crippen LogP contribution in [0.25, 0.3) is 34.4 Å². The number of benzene rings is 2. The SMILES string of the molecule is COc1ccc([C@@H]2CCCn3nc(-c4ccc(-n5cnc(C)c5)c(OC)n4)nc32)cc1C(C)(C)C.COc1ccc([C@H]2CCCn3nc(-c4ccc(-n5cnc(C)c5)c(OC)n4)nc32)cc1C(C)(C)C. The molecule has 0 radical (unpaired) electrons. The lowest BCUT2D eigenvalue weighted by Gasteiger charge is -2.26. The van der Waals surface area contributed by atoms with Gasteiger partial charge in [0.1, 0.15) is 45.9 Å². The Morgan fingerprint density at radius 1 is 0.514 bits per heavy atom. The molecule has 2 aliphatic heterocycles. The zero-order valence-corrected chi connectivity index (χ0v) is 42.5. The lowest BCUT2D eigenvalue weighted by Crippen LogP contribution is -2.19. The summed E-state index contributed by atoms with van der Waals surface area (Å²) in [6.07, 6.45) is 11.6. The van der Waals surface area contributed by atoms with Crippen molar-refractivity contribution < 1.29 is 18.9 Å². The van der Waals surface area contributed by atoms with Gasteiger partial charge in [-0.05, 0) is 109 Å². The van der Waals surface area contributed by atoms with Gasteiger partial charge in [0.05, 0.1) is 52.5 Å². The summed E-state index contributed by atoms with van der Waals surface area (Å²) in [6, 6.07) is 20.8. The number of imidazole rings is 2. The Bertz CT molecular complexity index is 2940. The maximum Gasteiger partial charge on any atom is 0.238 e. The Kier molecular flexibility index (Phi) is 13.1. The minimum Gasteiger partial charge on any atom is -0.496 e. The Hall–Kier alpha value is -7.36. The number of rotatable bonds is 10. The highest BCUT2D eigenvalue weighted by molar-refractivity contribution is 5.57. The number of aryl methyl sites for hydroxylation is 4. The van der Waals surface area contributed by atoms with Crippen LogP contribution < -0.4 is 18.9 Å². The third-order valence-corrected chi connectivity index (χ3v) is 13.1. The second kappa shape index (κ2) is 19.2. The van der Waals surface area contributed by atoms with Gasteiger partial charge in [-0.1, -0.05) is 65.8 Å². The summed E-state index contributed by atoms with van der Waals surface area (Å²) in [5.41, 5.74) is 9.73. The van der Waals surface area contributed by atoms with E-state index in [1.807, 2.05) is 69.0 Å². The predicted molar refractivity (Wildman–Crippen MR) is 269 cm³/mol. The van der Waals surface area contributed by atoms with E-state index in [1.54, 1.807) is 41.1 Å². The smallest absolute Gasteiger partial charge is 0.238 e. The van der Waals surface area contributed by atoms with E-state index < -0.39 is 0 Å². The van der Waals surface area contributed by atoms with Crippen LogP contribution in [0.4, 0.5) is 0 Å².